The highest BCUT2D eigenvalue weighted by Gasteiger charge is 2.31. The number of hydrogen-bond acceptors (Lipinski definition) is 5. The van der Waals surface area contributed by atoms with E-state index in [1.165, 1.54) is 5.56 Å². The van der Waals surface area contributed by atoms with Gasteiger partial charge in [0.15, 0.2) is 0 Å². The highest BCUT2D eigenvalue weighted by atomic mass is 35.5. The molecule has 29 heavy (non-hydrogen) atoms. The Hall–Kier alpha value is -2.12. The maximum Gasteiger partial charge on any atom is 0.257 e. The van der Waals surface area contributed by atoms with E-state index in [0.29, 0.717) is 28.9 Å². The van der Waals surface area contributed by atoms with Crippen molar-refractivity contribution in [1.82, 2.24) is 20.7 Å². The minimum Gasteiger partial charge on any atom is -0.496 e. The fourth-order valence-electron chi connectivity index (χ4n) is 4.15. The van der Waals surface area contributed by atoms with Crippen LogP contribution >= 0.6 is 11.6 Å². The molecule has 2 unspecified atom stereocenters. The average molecular weight is 415 g/mol. The van der Waals surface area contributed by atoms with Crippen LogP contribution in [0.25, 0.3) is 0 Å². The van der Waals surface area contributed by atoms with Crippen LogP contribution in [-0.4, -0.2) is 55.2 Å². The van der Waals surface area contributed by atoms with Crippen LogP contribution in [0.2, 0.25) is 5.02 Å². The lowest BCUT2D eigenvalue weighted by molar-refractivity contribution is 0.0753. The zero-order chi connectivity index (χ0) is 20.2. The van der Waals surface area contributed by atoms with Crippen molar-refractivity contribution in [3.05, 3.63) is 64.7 Å². The van der Waals surface area contributed by atoms with Gasteiger partial charge < -0.3 is 9.64 Å². The molecular formula is C22H27ClN4O2. The van der Waals surface area contributed by atoms with E-state index in [2.05, 4.69) is 40.0 Å². The minimum absolute atomic E-state index is 0.0223. The molecule has 2 atom stereocenters. The van der Waals surface area contributed by atoms with Gasteiger partial charge in [0.05, 0.1) is 18.8 Å². The number of nitrogens with one attached hydrogen (secondary N) is 2. The van der Waals surface area contributed by atoms with E-state index in [1.807, 2.05) is 11.0 Å². The number of amides is 1. The van der Waals surface area contributed by atoms with Crippen molar-refractivity contribution in [2.45, 2.75) is 25.0 Å². The van der Waals surface area contributed by atoms with Gasteiger partial charge in [-0.25, -0.2) is 10.9 Å². The Kier molecular flexibility index (Phi) is 6.35. The van der Waals surface area contributed by atoms with E-state index in [1.54, 1.807) is 25.3 Å². The van der Waals surface area contributed by atoms with Crippen LogP contribution in [0.4, 0.5) is 0 Å². The molecule has 2 aliphatic heterocycles. The van der Waals surface area contributed by atoms with E-state index in [-0.39, 0.29) is 12.1 Å². The molecule has 0 spiro atoms. The molecule has 0 radical (unpaired) electrons. The van der Waals surface area contributed by atoms with Crippen LogP contribution in [0.5, 0.6) is 5.75 Å². The van der Waals surface area contributed by atoms with Crippen LogP contribution in [0.1, 0.15) is 34.8 Å². The van der Waals surface area contributed by atoms with Gasteiger partial charge in [0, 0.05) is 37.2 Å². The minimum atomic E-state index is -0.0223. The van der Waals surface area contributed by atoms with Crippen molar-refractivity contribution in [2.75, 3.05) is 33.3 Å². The van der Waals surface area contributed by atoms with E-state index >= 15 is 0 Å². The third-order valence-electron chi connectivity index (χ3n) is 5.74. The summed E-state index contributed by atoms with van der Waals surface area (Å²) in [6.07, 6.45) is 2.19. The first-order chi connectivity index (χ1) is 14.2. The fourth-order valence-corrected chi connectivity index (χ4v) is 4.32. The monoisotopic (exact) mass is 414 g/mol. The van der Waals surface area contributed by atoms with Crippen LogP contribution < -0.4 is 15.6 Å². The van der Waals surface area contributed by atoms with Crippen molar-refractivity contribution in [3.63, 3.8) is 0 Å². The number of hydrogen-bond donors (Lipinski definition) is 2. The Balaban J connectivity index is 1.39. The first-order valence-corrected chi connectivity index (χ1v) is 10.5. The molecule has 2 aromatic carbocycles. The highest BCUT2D eigenvalue weighted by molar-refractivity contribution is 6.31. The normalized spacial score (nSPS) is 23.0. The lowest BCUT2D eigenvalue weighted by Crippen LogP contribution is -2.46. The molecule has 6 nitrogen and oxygen atoms in total. The van der Waals surface area contributed by atoms with Gasteiger partial charge in [-0.2, -0.15) is 0 Å². The predicted octanol–water partition coefficient (Wildman–Crippen LogP) is 3.06. The zero-order valence-electron chi connectivity index (χ0n) is 16.6. The summed E-state index contributed by atoms with van der Waals surface area (Å²) in [6.45, 7) is 3.20. The van der Waals surface area contributed by atoms with Gasteiger partial charge >= 0.3 is 0 Å². The summed E-state index contributed by atoms with van der Waals surface area (Å²) >= 11 is 6.11. The van der Waals surface area contributed by atoms with E-state index in [9.17, 15) is 4.79 Å². The lowest BCUT2D eigenvalue weighted by atomic mass is 10.0. The van der Waals surface area contributed by atoms with E-state index in [4.69, 9.17) is 16.3 Å². The first kappa shape index (κ1) is 20.2. The fraction of sp³-hybridized carbons (Fsp3) is 0.409. The number of rotatable bonds is 4. The number of nitrogens with zero attached hydrogens (tertiary/aromatic N) is 2. The van der Waals surface area contributed by atoms with Crippen molar-refractivity contribution in [1.29, 1.82) is 0 Å². The molecule has 2 heterocycles. The largest absolute Gasteiger partial charge is 0.496 e. The predicted molar refractivity (Wildman–Crippen MR) is 114 cm³/mol. The number of benzene rings is 2. The van der Waals surface area contributed by atoms with Crippen LogP contribution in [0.15, 0.2) is 48.5 Å². The summed E-state index contributed by atoms with van der Waals surface area (Å²) < 4.78 is 5.36. The zero-order valence-corrected chi connectivity index (χ0v) is 17.4. The number of methoxy groups -OCH3 is 1. The number of carbonyl (C=O) groups excluding carboxylic acids is 1. The van der Waals surface area contributed by atoms with Crippen molar-refractivity contribution >= 4 is 17.5 Å². The molecule has 154 valence electrons. The molecular weight excluding hydrogens is 388 g/mol. The third kappa shape index (κ3) is 4.56. The van der Waals surface area contributed by atoms with Gasteiger partial charge in [0.2, 0.25) is 0 Å². The second kappa shape index (κ2) is 9.13. The number of carbonyl (C=O) groups is 1. The smallest absolute Gasteiger partial charge is 0.257 e. The second-order valence-electron chi connectivity index (χ2n) is 7.53. The van der Waals surface area contributed by atoms with Gasteiger partial charge in [0.1, 0.15) is 5.75 Å². The van der Waals surface area contributed by atoms with Gasteiger partial charge in [0.25, 0.3) is 5.91 Å². The second-order valence-corrected chi connectivity index (χ2v) is 7.97. The van der Waals surface area contributed by atoms with Crippen LogP contribution in [0, 0.1) is 0 Å². The summed E-state index contributed by atoms with van der Waals surface area (Å²) in [5.74, 6) is 0.540. The maximum absolute atomic E-state index is 13.1. The van der Waals surface area contributed by atoms with Gasteiger partial charge in [-0.15, -0.1) is 0 Å². The molecule has 4 rings (SSSR count). The van der Waals surface area contributed by atoms with Gasteiger partial charge in [-0.3, -0.25) is 9.69 Å². The Morgan fingerprint density at radius 2 is 1.90 bits per heavy atom. The summed E-state index contributed by atoms with van der Waals surface area (Å²) in [5, 5.41) is 0.541. The average Bonchev–Trinajstić information content (AvgIpc) is 3.12. The third-order valence-corrected chi connectivity index (χ3v) is 5.97. The van der Waals surface area contributed by atoms with Crippen molar-refractivity contribution in [3.8, 4) is 5.75 Å². The van der Waals surface area contributed by atoms with Crippen LogP contribution in [-0.2, 0) is 0 Å². The first-order valence-electron chi connectivity index (χ1n) is 10.1. The quantitative estimate of drug-likeness (QED) is 0.805. The Morgan fingerprint density at radius 3 is 2.69 bits per heavy atom. The lowest BCUT2D eigenvalue weighted by Gasteiger charge is -2.27. The molecule has 0 bridgehead atoms. The standard InChI is InChI=1S/C22H27ClN4O2/c1-29-20-9-8-17(23)14-18(20)22(28)27-11-5-10-26(12-13-27)21-15-19(24-25-21)16-6-3-2-4-7-16/h2-4,6-9,14,19,21,24-25H,5,10-13,15H2,1H3. The molecule has 2 fully saturated rings. The highest BCUT2D eigenvalue weighted by Crippen LogP contribution is 2.26. The summed E-state index contributed by atoms with van der Waals surface area (Å²) in [6, 6.07) is 16.0. The molecule has 2 aliphatic rings. The Morgan fingerprint density at radius 1 is 1.07 bits per heavy atom. The van der Waals surface area contributed by atoms with Crippen LogP contribution in [0.3, 0.4) is 0 Å². The summed E-state index contributed by atoms with van der Waals surface area (Å²) in [4.78, 5) is 17.4. The maximum atomic E-state index is 13.1. The van der Waals surface area contributed by atoms with Crippen molar-refractivity contribution < 1.29 is 9.53 Å². The summed E-state index contributed by atoms with van der Waals surface area (Å²) in [5.41, 5.74) is 8.68. The Labute approximate surface area is 176 Å². The molecule has 2 aromatic rings. The Bertz CT molecular complexity index is 848. The SMILES string of the molecule is COc1ccc(Cl)cc1C(=O)N1CCCN(C2CC(c3ccccc3)NN2)CC1. The summed E-state index contributed by atoms with van der Waals surface area (Å²) in [7, 11) is 1.58. The molecule has 1 amide bonds. The molecule has 2 N–H and O–H groups in total. The number of hydrazine groups is 1. The topological polar surface area (TPSA) is 56.8 Å². The van der Waals surface area contributed by atoms with Gasteiger partial charge in [-0.05, 0) is 36.6 Å². The molecule has 0 saturated carbocycles. The van der Waals surface area contributed by atoms with E-state index < -0.39 is 0 Å². The molecule has 7 heteroatoms. The molecule has 0 aromatic heterocycles. The molecule has 2 saturated heterocycles. The van der Waals surface area contributed by atoms with Crippen molar-refractivity contribution in [2.24, 2.45) is 0 Å². The number of ether oxygens (including phenoxy) is 1. The van der Waals surface area contributed by atoms with E-state index in [0.717, 1.165) is 32.5 Å². The number of halogens is 1. The van der Waals surface area contributed by atoms with Gasteiger partial charge in [-0.1, -0.05) is 41.9 Å². The molecule has 0 aliphatic carbocycles.